The van der Waals surface area contributed by atoms with Gasteiger partial charge in [-0.3, -0.25) is 0 Å². The molecule has 0 aliphatic rings. The second-order valence-corrected chi connectivity index (χ2v) is 13.7. The summed E-state index contributed by atoms with van der Waals surface area (Å²) in [5.41, 5.74) is 0. The molecule has 41 heavy (non-hydrogen) atoms. The van der Waals surface area contributed by atoms with Crippen LogP contribution in [-0.2, 0) is 0 Å². The first-order valence-electron chi connectivity index (χ1n) is 20.3. The molecule has 0 spiro atoms. The van der Waals surface area contributed by atoms with E-state index in [2.05, 4.69) is 27.7 Å². The first-order chi connectivity index (χ1) is 20.3. The molecule has 0 saturated carbocycles. The Morgan fingerprint density at radius 2 is 0.195 bits per heavy atom. The highest BCUT2D eigenvalue weighted by atomic mass is 14.0. The predicted molar refractivity (Wildman–Crippen MR) is 194 cm³/mol. The Labute approximate surface area is 264 Å². The molecule has 0 aliphatic heterocycles. The fourth-order valence-electron chi connectivity index (χ4n) is 6.13. The Morgan fingerprint density at radius 1 is 0.122 bits per heavy atom. The lowest BCUT2D eigenvalue weighted by Gasteiger charge is -2.03. The van der Waals surface area contributed by atoms with E-state index in [1.807, 2.05) is 0 Å². The number of hydrogen-bond acceptors (Lipinski definition) is 0. The quantitative estimate of drug-likeness (QED) is 0.0656. The summed E-state index contributed by atoms with van der Waals surface area (Å²) >= 11 is 0. The number of rotatable bonds is 35. The van der Waals surface area contributed by atoms with Gasteiger partial charge >= 0.3 is 0 Å². The molecule has 0 N–H and O–H groups in total. The van der Waals surface area contributed by atoms with Crippen LogP contribution in [0.2, 0.25) is 0 Å². The average molecular weight is 579 g/mol. The molecular formula is C41H86. The molecule has 0 bridgehead atoms. The minimum Gasteiger partial charge on any atom is -0.0654 e. The number of unbranched alkanes of at least 4 members (excludes halogenated alkanes) is 35. The number of hydrogen-bond donors (Lipinski definition) is 0. The van der Waals surface area contributed by atoms with Gasteiger partial charge in [0.25, 0.3) is 0 Å². The van der Waals surface area contributed by atoms with Gasteiger partial charge in [-0.15, -0.1) is 0 Å². The van der Waals surface area contributed by atoms with Gasteiger partial charge in [0, 0.05) is 0 Å². The summed E-state index contributed by atoms with van der Waals surface area (Å²) in [5, 5.41) is 0. The average Bonchev–Trinajstić information content (AvgIpc) is 2.99. The smallest absolute Gasteiger partial charge is 0.0533 e. The van der Waals surface area contributed by atoms with Crippen molar-refractivity contribution in [1.29, 1.82) is 0 Å². The molecule has 0 heterocycles. The third-order valence-corrected chi connectivity index (χ3v) is 9.16. The summed E-state index contributed by atoms with van der Waals surface area (Å²) < 4.78 is 0. The molecule has 0 heteroatoms. The van der Waals surface area contributed by atoms with E-state index in [0.717, 1.165) is 0 Å². The molecule has 0 fully saturated rings. The van der Waals surface area contributed by atoms with Gasteiger partial charge in [0.2, 0.25) is 0 Å². The van der Waals surface area contributed by atoms with Crippen molar-refractivity contribution in [1.82, 2.24) is 0 Å². The maximum absolute atomic E-state index is 2.30. The Bertz CT molecular complexity index is 349. The van der Waals surface area contributed by atoms with Crippen LogP contribution in [0.1, 0.15) is 265 Å². The highest BCUT2D eigenvalue weighted by Gasteiger charge is 1.96. The Kier molecular flexibility index (Phi) is 46.7. The first kappa shape index (κ1) is 43.1. The highest BCUT2D eigenvalue weighted by Crippen LogP contribution is 2.16. The van der Waals surface area contributed by atoms with Crippen molar-refractivity contribution < 1.29 is 0 Å². The Hall–Kier alpha value is 0. The molecule has 0 nitrogen and oxygen atoms in total. The summed E-state index contributed by atoms with van der Waals surface area (Å²) in [5.74, 6) is 0. The van der Waals surface area contributed by atoms with Gasteiger partial charge in [0.1, 0.15) is 0 Å². The van der Waals surface area contributed by atoms with Crippen molar-refractivity contribution >= 4 is 0 Å². The third kappa shape index (κ3) is 47.2. The summed E-state index contributed by atoms with van der Waals surface area (Å²) in [6.45, 7) is 9.19. The van der Waals surface area contributed by atoms with E-state index in [4.69, 9.17) is 0 Å². The van der Waals surface area contributed by atoms with E-state index >= 15 is 0 Å². The molecular weight excluding hydrogens is 492 g/mol. The second kappa shape index (κ2) is 44.4. The lowest BCUT2D eigenvalue weighted by Crippen LogP contribution is -1.84. The van der Waals surface area contributed by atoms with Crippen molar-refractivity contribution in [3.8, 4) is 0 Å². The van der Waals surface area contributed by atoms with Gasteiger partial charge < -0.3 is 0 Å². The maximum Gasteiger partial charge on any atom is -0.0533 e. The van der Waals surface area contributed by atoms with E-state index in [0.29, 0.717) is 0 Å². The fourth-order valence-corrected chi connectivity index (χ4v) is 6.13. The standard InChI is InChI=1S/C22H46.C19H40/c1-3-5-7-9-11-13-15-17-19-21-22-20-18-16-14-12-10-8-6-4-2;1-3-5-7-9-11-13-15-17-19-18-16-14-12-10-8-6-4-2/h3-22H2,1-2H3;3-19H2,1-2H3. The van der Waals surface area contributed by atoms with Crippen LogP contribution in [-0.4, -0.2) is 0 Å². The second-order valence-electron chi connectivity index (χ2n) is 13.7. The zero-order chi connectivity index (χ0) is 30.2. The van der Waals surface area contributed by atoms with Gasteiger partial charge in [0.15, 0.2) is 0 Å². The topological polar surface area (TPSA) is 0 Å². The van der Waals surface area contributed by atoms with Crippen LogP contribution in [0.15, 0.2) is 0 Å². The normalized spacial score (nSPS) is 11.1. The fraction of sp³-hybridized carbons (Fsp3) is 1.00. The predicted octanol–water partition coefficient (Wildman–Crippen LogP) is 16.5. The van der Waals surface area contributed by atoms with Gasteiger partial charge in [-0.25, -0.2) is 0 Å². The maximum atomic E-state index is 2.30. The first-order valence-corrected chi connectivity index (χ1v) is 20.3. The Morgan fingerprint density at radius 3 is 0.268 bits per heavy atom. The third-order valence-electron chi connectivity index (χ3n) is 9.16. The highest BCUT2D eigenvalue weighted by molar-refractivity contribution is 4.51. The Balaban J connectivity index is 0. The lowest BCUT2D eigenvalue weighted by atomic mass is 10.0. The zero-order valence-electron chi connectivity index (χ0n) is 30.2. The minimum atomic E-state index is 1.37. The SMILES string of the molecule is CCCCCCCCCCCCCCCCCCC.CCCCCCCCCCCCCCCCCCCCCC. The minimum absolute atomic E-state index is 1.37. The molecule has 0 amide bonds. The molecule has 0 aromatic rings. The van der Waals surface area contributed by atoms with Crippen molar-refractivity contribution in [2.45, 2.75) is 265 Å². The van der Waals surface area contributed by atoms with Crippen LogP contribution in [0.25, 0.3) is 0 Å². The molecule has 0 radical (unpaired) electrons. The molecule has 250 valence electrons. The van der Waals surface area contributed by atoms with E-state index in [1.165, 1.54) is 238 Å². The largest absolute Gasteiger partial charge is 0.0654 e. The molecule has 0 saturated heterocycles. The van der Waals surface area contributed by atoms with Gasteiger partial charge in [-0.05, 0) is 0 Å². The van der Waals surface area contributed by atoms with E-state index in [-0.39, 0.29) is 0 Å². The lowest BCUT2D eigenvalue weighted by molar-refractivity contribution is 0.523. The molecule has 0 aliphatic carbocycles. The monoisotopic (exact) mass is 579 g/mol. The van der Waals surface area contributed by atoms with Crippen molar-refractivity contribution in [2.24, 2.45) is 0 Å². The van der Waals surface area contributed by atoms with Crippen molar-refractivity contribution in [3.63, 3.8) is 0 Å². The van der Waals surface area contributed by atoms with Crippen LogP contribution in [0.4, 0.5) is 0 Å². The van der Waals surface area contributed by atoms with E-state index in [1.54, 1.807) is 0 Å². The van der Waals surface area contributed by atoms with Gasteiger partial charge in [-0.2, -0.15) is 0 Å². The van der Waals surface area contributed by atoms with Crippen LogP contribution >= 0.6 is 0 Å². The van der Waals surface area contributed by atoms with Gasteiger partial charge in [-0.1, -0.05) is 265 Å². The van der Waals surface area contributed by atoms with E-state index < -0.39 is 0 Å². The van der Waals surface area contributed by atoms with Crippen LogP contribution in [0.5, 0.6) is 0 Å². The summed E-state index contributed by atoms with van der Waals surface area (Å²) in [4.78, 5) is 0. The van der Waals surface area contributed by atoms with Crippen molar-refractivity contribution in [2.75, 3.05) is 0 Å². The van der Waals surface area contributed by atoms with Crippen LogP contribution in [0, 0.1) is 0 Å². The zero-order valence-corrected chi connectivity index (χ0v) is 30.2. The van der Waals surface area contributed by atoms with Crippen molar-refractivity contribution in [3.05, 3.63) is 0 Å². The van der Waals surface area contributed by atoms with Crippen LogP contribution in [0.3, 0.4) is 0 Å². The molecule has 0 rings (SSSR count). The summed E-state index contributed by atoms with van der Waals surface area (Å²) in [6, 6.07) is 0. The summed E-state index contributed by atoms with van der Waals surface area (Å²) in [7, 11) is 0. The van der Waals surface area contributed by atoms with Crippen LogP contribution < -0.4 is 0 Å². The molecule has 0 aromatic carbocycles. The molecule has 0 atom stereocenters. The molecule has 0 unspecified atom stereocenters. The van der Waals surface area contributed by atoms with E-state index in [9.17, 15) is 0 Å². The summed E-state index contributed by atoms with van der Waals surface area (Å²) in [6.07, 6.45) is 54.3. The molecule has 0 aromatic heterocycles. The van der Waals surface area contributed by atoms with Gasteiger partial charge in [0.05, 0.1) is 0 Å².